The van der Waals surface area contributed by atoms with Crippen molar-refractivity contribution in [2.24, 2.45) is 0 Å². The number of sulfonamides is 1. The van der Waals surface area contributed by atoms with Gasteiger partial charge in [-0.15, -0.1) is 11.3 Å². The molecule has 0 saturated heterocycles. The summed E-state index contributed by atoms with van der Waals surface area (Å²) in [6, 6.07) is 7.25. The fourth-order valence-electron chi connectivity index (χ4n) is 2.00. The second-order valence-corrected chi connectivity index (χ2v) is 7.88. The molecule has 0 amide bonds. The summed E-state index contributed by atoms with van der Waals surface area (Å²) >= 11 is 1.04. The Morgan fingerprint density at radius 3 is 2.92 bits per heavy atom. The van der Waals surface area contributed by atoms with Crippen molar-refractivity contribution in [3.8, 4) is 22.8 Å². The van der Waals surface area contributed by atoms with E-state index in [4.69, 9.17) is 9.26 Å². The first-order chi connectivity index (χ1) is 12.0. The van der Waals surface area contributed by atoms with Gasteiger partial charge in [0.15, 0.2) is 0 Å². The van der Waals surface area contributed by atoms with Crippen LogP contribution in [0.3, 0.4) is 0 Å². The number of nitrogens with zero attached hydrogens (tertiary/aromatic N) is 2. The lowest BCUT2D eigenvalue weighted by Gasteiger charge is -2.02. The minimum atomic E-state index is -3.62. The number of aromatic nitrogens is 2. The zero-order valence-electron chi connectivity index (χ0n) is 13.1. The number of methoxy groups -OCH3 is 1. The second kappa shape index (κ2) is 7.40. The molecule has 1 aromatic carbocycles. The van der Waals surface area contributed by atoms with Crippen LogP contribution in [0.25, 0.3) is 22.8 Å². The maximum atomic E-state index is 13.3. The minimum absolute atomic E-state index is 0.129. The first-order valence-corrected chi connectivity index (χ1v) is 9.53. The number of benzene rings is 1. The lowest BCUT2D eigenvalue weighted by molar-refractivity contribution is 0.204. The van der Waals surface area contributed by atoms with Gasteiger partial charge in [0.25, 0.3) is 5.89 Å². The van der Waals surface area contributed by atoms with Gasteiger partial charge >= 0.3 is 0 Å². The Labute approximate surface area is 147 Å². The van der Waals surface area contributed by atoms with Crippen molar-refractivity contribution in [2.45, 2.75) is 4.21 Å². The first-order valence-electron chi connectivity index (χ1n) is 7.17. The molecule has 7 nitrogen and oxygen atoms in total. The maximum Gasteiger partial charge on any atom is 0.259 e. The quantitative estimate of drug-likeness (QED) is 0.630. The van der Waals surface area contributed by atoms with Gasteiger partial charge < -0.3 is 9.26 Å². The molecular formula is C15H14FN3O4S2. The van der Waals surface area contributed by atoms with Crippen molar-refractivity contribution < 1.29 is 22.1 Å². The fourth-order valence-corrected chi connectivity index (χ4v) is 4.22. The summed E-state index contributed by atoms with van der Waals surface area (Å²) in [5.74, 6) is -0.0212. The minimum Gasteiger partial charge on any atom is -0.383 e. The highest BCUT2D eigenvalue weighted by molar-refractivity contribution is 7.91. The van der Waals surface area contributed by atoms with Crippen molar-refractivity contribution in [1.29, 1.82) is 0 Å². The van der Waals surface area contributed by atoms with Crippen molar-refractivity contribution in [3.05, 3.63) is 41.5 Å². The van der Waals surface area contributed by atoms with E-state index in [1.165, 1.54) is 25.3 Å². The molecule has 2 heterocycles. The highest BCUT2D eigenvalue weighted by Gasteiger charge is 2.19. The molecule has 0 spiro atoms. The predicted octanol–water partition coefficient (Wildman–Crippen LogP) is 2.53. The summed E-state index contributed by atoms with van der Waals surface area (Å²) in [7, 11) is -2.13. The molecule has 10 heteroatoms. The van der Waals surface area contributed by atoms with E-state index in [-0.39, 0.29) is 29.1 Å². The average molecular weight is 383 g/mol. The van der Waals surface area contributed by atoms with E-state index in [1.54, 1.807) is 17.5 Å². The number of thiophene rings is 1. The van der Waals surface area contributed by atoms with Crippen LogP contribution in [0.1, 0.15) is 0 Å². The van der Waals surface area contributed by atoms with Gasteiger partial charge in [-0.2, -0.15) is 4.98 Å². The van der Waals surface area contributed by atoms with Crippen LogP contribution in [0.2, 0.25) is 0 Å². The van der Waals surface area contributed by atoms with Gasteiger partial charge in [0.2, 0.25) is 15.8 Å². The molecule has 2 aromatic heterocycles. The molecular weight excluding hydrogens is 369 g/mol. The Morgan fingerprint density at radius 2 is 2.16 bits per heavy atom. The van der Waals surface area contributed by atoms with Gasteiger partial charge in [0.05, 0.1) is 12.2 Å². The molecule has 0 bridgehead atoms. The van der Waals surface area contributed by atoms with E-state index >= 15 is 0 Å². The molecule has 0 aliphatic carbocycles. The third-order valence-electron chi connectivity index (χ3n) is 3.19. The van der Waals surface area contributed by atoms with E-state index < -0.39 is 15.8 Å². The van der Waals surface area contributed by atoms with E-state index in [1.807, 2.05) is 0 Å². The van der Waals surface area contributed by atoms with Gasteiger partial charge in [-0.1, -0.05) is 17.3 Å². The lowest BCUT2D eigenvalue weighted by Crippen LogP contribution is -2.26. The molecule has 0 radical (unpaired) electrons. The van der Waals surface area contributed by atoms with Crippen LogP contribution in [-0.2, 0) is 14.8 Å². The fraction of sp³-hybridized carbons (Fsp3) is 0.200. The standard InChI is InChI=1S/C15H14FN3O4S2/c1-22-6-5-17-25(20,21)13-8-11(9-24-13)15-18-14(19-23-15)10-3-2-4-12(16)7-10/h2-4,7-9,17H,5-6H2,1H3. The van der Waals surface area contributed by atoms with Gasteiger partial charge in [-0.3, -0.25) is 0 Å². The molecule has 0 aliphatic rings. The van der Waals surface area contributed by atoms with Crippen LogP contribution >= 0.6 is 11.3 Å². The van der Waals surface area contributed by atoms with Crippen molar-refractivity contribution in [2.75, 3.05) is 20.3 Å². The van der Waals surface area contributed by atoms with Gasteiger partial charge in [-0.05, 0) is 18.2 Å². The largest absolute Gasteiger partial charge is 0.383 e. The Hall–Kier alpha value is -2.14. The zero-order valence-corrected chi connectivity index (χ0v) is 14.7. The van der Waals surface area contributed by atoms with E-state index in [2.05, 4.69) is 14.9 Å². The third-order valence-corrected chi connectivity index (χ3v) is 6.09. The third kappa shape index (κ3) is 4.10. The van der Waals surface area contributed by atoms with Gasteiger partial charge in [0.1, 0.15) is 10.0 Å². The normalized spacial score (nSPS) is 11.8. The Kier molecular flexibility index (Phi) is 5.23. The van der Waals surface area contributed by atoms with E-state index in [9.17, 15) is 12.8 Å². The van der Waals surface area contributed by atoms with Crippen molar-refractivity contribution in [3.63, 3.8) is 0 Å². The number of halogens is 1. The molecule has 0 fully saturated rings. The second-order valence-electron chi connectivity index (χ2n) is 4.98. The van der Waals surface area contributed by atoms with Crippen LogP contribution in [0.15, 0.2) is 44.4 Å². The summed E-state index contributed by atoms with van der Waals surface area (Å²) in [5, 5.41) is 5.41. The molecule has 0 aliphatic heterocycles. The summed E-state index contributed by atoms with van der Waals surface area (Å²) in [4.78, 5) is 4.19. The topological polar surface area (TPSA) is 94.3 Å². The van der Waals surface area contributed by atoms with Crippen LogP contribution < -0.4 is 4.72 Å². The average Bonchev–Trinajstić information content (AvgIpc) is 3.24. The summed E-state index contributed by atoms with van der Waals surface area (Å²) in [6.45, 7) is 0.453. The van der Waals surface area contributed by atoms with E-state index in [0.717, 1.165) is 11.3 Å². The predicted molar refractivity (Wildman–Crippen MR) is 90.1 cm³/mol. The Bertz CT molecular complexity index is 969. The van der Waals surface area contributed by atoms with E-state index in [0.29, 0.717) is 11.1 Å². The summed E-state index contributed by atoms with van der Waals surface area (Å²) in [5.41, 5.74) is 0.951. The molecule has 0 atom stereocenters. The summed E-state index contributed by atoms with van der Waals surface area (Å²) in [6.07, 6.45) is 0. The Balaban J connectivity index is 1.81. The Morgan fingerprint density at radius 1 is 1.32 bits per heavy atom. The van der Waals surface area contributed by atoms with Crippen molar-refractivity contribution >= 4 is 21.4 Å². The molecule has 1 N–H and O–H groups in total. The smallest absolute Gasteiger partial charge is 0.259 e. The molecule has 0 unspecified atom stereocenters. The van der Waals surface area contributed by atoms with Crippen LogP contribution in [0.5, 0.6) is 0 Å². The summed E-state index contributed by atoms with van der Waals surface area (Å²) < 4.78 is 50.1. The molecule has 0 saturated carbocycles. The monoisotopic (exact) mass is 383 g/mol. The highest BCUT2D eigenvalue weighted by atomic mass is 32.2. The molecule has 25 heavy (non-hydrogen) atoms. The molecule has 132 valence electrons. The number of ether oxygens (including phenoxy) is 1. The highest BCUT2D eigenvalue weighted by Crippen LogP contribution is 2.29. The number of hydrogen-bond acceptors (Lipinski definition) is 7. The SMILES string of the molecule is COCCNS(=O)(=O)c1cc(-c2nc(-c3cccc(F)c3)no2)cs1. The van der Waals surface area contributed by atoms with Crippen LogP contribution in [0.4, 0.5) is 4.39 Å². The number of nitrogens with one attached hydrogen (secondary N) is 1. The van der Waals surface area contributed by atoms with Crippen LogP contribution in [-0.4, -0.2) is 38.8 Å². The van der Waals surface area contributed by atoms with Gasteiger partial charge in [-0.25, -0.2) is 17.5 Å². The van der Waals surface area contributed by atoms with Crippen molar-refractivity contribution in [1.82, 2.24) is 14.9 Å². The number of rotatable bonds is 7. The van der Waals surface area contributed by atoms with Crippen LogP contribution in [0, 0.1) is 5.82 Å². The first kappa shape index (κ1) is 17.7. The maximum absolute atomic E-state index is 13.3. The molecule has 3 rings (SSSR count). The molecule has 3 aromatic rings. The van der Waals surface area contributed by atoms with Gasteiger partial charge in [0, 0.05) is 24.6 Å². The zero-order chi connectivity index (χ0) is 17.9. The number of hydrogen-bond donors (Lipinski definition) is 1. The lowest BCUT2D eigenvalue weighted by atomic mass is 10.2.